The Labute approximate surface area is 158 Å². The summed E-state index contributed by atoms with van der Waals surface area (Å²) in [5, 5.41) is 10.8. The number of aryl methyl sites for hydroxylation is 1. The third kappa shape index (κ3) is 3.58. The molecule has 6 nitrogen and oxygen atoms in total. The van der Waals surface area contributed by atoms with E-state index in [1.807, 2.05) is 17.0 Å². The summed E-state index contributed by atoms with van der Waals surface area (Å²) >= 11 is 1.71. The van der Waals surface area contributed by atoms with Crippen molar-refractivity contribution >= 4 is 22.4 Å². The lowest BCUT2D eigenvalue weighted by Gasteiger charge is -2.48. The topological polar surface area (TPSA) is 62.2 Å². The molecule has 1 amide bonds. The molecule has 4 rings (SSSR count). The fraction of sp³-hybridized carbons (Fsp3) is 0.579. The third-order valence-electron chi connectivity index (χ3n) is 5.56. The van der Waals surface area contributed by atoms with Gasteiger partial charge in [0.2, 0.25) is 11.0 Å². The lowest BCUT2D eigenvalue weighted by Crippen LogP contribution is -2.53. The Morgan fingerprint density at radius 2 is 2.04 bits per heavy atom. The monoisotopic (exact) mass is 371 g/mol. The van der Waals surface area contributed by atoms with Gasteiger partial charge in [0.1, 0.15) is 5.01 Å². The Balaban J connectivity index is 1.49. The number of amides is 1. The molecule has 0 N–H and O–H groups in total. The van der Waals surface area contributed by atoms with Crippen molar-refractivity contribution in [2.75, 3.05) is 24.5 Å². The second-order valence-corrected chi connectivity index (χ2v) is 8.50. The molecule has 1 unspecified atom stereocenters. The average molecular weight is 372 g/mol. The summed E-state index contributed by atoms with van der Waals surface area (Å²) in [5.41, 5.74) is 1.33. The second-order valence-electron chi connectivity index (χ2n) is 7.46. The average Bonchev–Trinajstić information content (AvgIpc) is 3.15. The summed E-state index contributed by atoms with van der Waals surface area (Å²) in [5.74, 6) is 0.272. The maximum absolute atomic E-state index is 12.5. The van der Waals surface area contributed by atoms with Gasteiger partial charge in [0.25, 0.3) is 0 Å². The molecule has 2 aromatic heterocycles. The van der Waals surface area contributed by atoms with Gasteiger partial charge in [0.05, 0.1) is 0 Å². The first-order valence-electron chi connectivity index (χ1n) is 9.41. The maximum Gasteiger partial charge on any atom is 0.222 e. The van der Waals surface area contributed by atoms with Crippen molar-refractivity contribution in [3.8, 4) is 0 Å². The van der Waals surface area contributed by atoms with Gasteiger partial charge < -0.3 is 9.80 Å². The van der Waals surface area contributed by atoms with Gasteiger partial charge in [-0.25, -0.2) is 0 Å². The van der Waals surface area contributed by atoms with Crippen molar-refractivity contribution in [1.29, 1.82) is 0 Å². The molecule has 2 aliphatic rings. The van der Waals surface area contributed by atoms with Crippen molar-refractivity contribution < 1.29 is 4.79 Å². The maximum atomic E-state index is 12.5. The van der Waals surface area contributed by atoms with E-state index in [0.717, 1.165) is 54.6 Å². The molecule has 0 radical (unpaired) electrons. The van der Waals surface area contributed by atoms with Crippen LogP contribution in [0.15, 0.2) is 24.5 Å². The van der Waals surface area contributed by atoms with Crippen LogP contribution in [0.1, 0.15) is 43.2 Å². The molecule has 138 valence electrons. The zero-order valence-electron chi connectivity index (χ0n) is 15.2. The summed E-state index contributed by atoms with van der Waals surface area (Å²) < 4.78 is 0. The molecular formula is C19H25N5OS. The van der Waals surface area contributed by atoms with Crippen LogP contribution < -0.4 is 4.90 Å². The standard InChI is InChI=1S/C19H25N5OS/c1-2-16-21-22-18(26-16)23-11-3-7-19(13-23)8-4-17(25)24(14-19)12-15-5-9-20-10-6-15/h5-6,9-10H,2-4,7-8,11-14H2,1H3. The number of aromatic nitrogens is 3. The van der Waals surface area contributed by atoms with Gasteiger partial charge in [-0.2, -0.15) is 0 Å². The van der Waals surface area contributed by atoms with E-state index in [0.29, 0.717) is 13.0 Å². The Bertz CT molecular complexity index is 764. The first-order chi connectivity index (χ1) is 12.7. The van der Waals surface area contributed by atoms with Crippen LogP contribution >= 0.6 is 11.3 Å². The summed E-state index contributed by atoms with van der Waals surface area (Å²) in [6.45, 7) is 5.65. The summed E-state index contributed by atoms with van der Waals surface area (Å²) in [7, 11) is 0. The number of likely N-dealkylation sites (tertiary alicyclic amines) is 1. The minimum atomic E-state index is 0.178. The van der Waals surface area contributed by atoms with Gasteiger partial charge >= 0.3 is 0 Å². The highest BCUT2D eigenvalue weighted by Gasteiger charge is 2.42. The van der Waals surface area contributed by atoms with E-state index in [4.69, 9.17) is 0 Å². The van der Waals surface area contributed by atoms with E-state index < -0.39 is 0 Å². The van der Waals surface area contributed by atoms with E-state index in [1.54, 1.807) is 23.7 Å². The van der Waals surface area contributed by atoms with Gasteiger partial charge in [0, 0.05) is 50.4 Å². The van der Waals surface area contributed by atoms with Crippen molar-refractivity contribution in [3.05, 3.63) is 35.1 Å². The molecule has 4 heterocycles. The normalized spacial score (nSPS) is 23.7. The van der Waals surface area contributed by atoms with Gasteiger partial charge in [0.15, 0.2) is 0 Å². The van der Waals surface area contributed by atoms with E-state index >= 15 is 0 Å². The first-order valence-corrected chi connectivity index (χ1v) is 10.2. The fourth-order valence-corrected chi connectivity index (χ4v) is 4.98. The number of hydrogen-bond donors (Lipinski definition) is 0. The second kappa shape index (κ2) is 7.31. The number of hydrogen-bond acceptors (Lipinski definition) is 6. The van der Waals surface area contributed by atoms with Crippen LogP contribution in [-0.4, -0.2) is 45.6 Å². The Hall–Kier alpha value is -2.02. The van der Waals surface area contributed by atoms with Crippen molar-refractivity contribution in [2.45, 2.75) is 45.6 Å². The molecule has 1 atom stereocenters. The van der Waals surface area contributed by atoms with Gasteiger partial charge in [-0.15, -0.1) is 10.2 Å². The van der Waals surface area contributed by atoms with Crippen LogP contribution in [0.4, 0.5) is 5.13 Å². The molecule has 0 aliphatic carbocycles. The quantitative estimate of drug-likeness (QED) is 0.827. The van der Waals surface area contributed by atoms with Crippen LogP contribution in [0, 0.1) is 5.41 Å². The molecular weight excluding hydrogens is 346 g/mol. The molecule has 0 aromatic carbocycles. The number of nitrogens with zero attached hydrogens (tertiary/aromatic N) is 5. The SMILES string of the molecule is CCc1nnc(N2CCCC3(CCC(=O)N(Cc4ccncc4)C3)C2)s1. The molecule has 2 aromatic rings. The van der Waals surface area contributed by atoms with E-state index in [-0.39, 0.29) is 11.3 Å². The van der Waals surface area contributed by atoms with Crippen LogP contribution in [0.3, 0.4) is 0 Å². The molecule has 26 heavy (non-hydrogen) atoms. The van der Waals surface area contributed by atoms with Crippen molar-refractivity contribution in [1.82, 2.24) is 20.1 Å². The predicted molar refractivity (Wildman–Crippen MR) is 102 cm³/mol. The molecule has 2 fully saturated rings. The van der Waals surface area contributed by atoms with Crippen LogP contribution in [0.5, 0.6) is 0 Å². The zero-order valence-corrected chi connectivity index (χ0v) is 16.0. The smallest absolute Gasteiger partial charge is 0.222 e. The molecule has 0 bridgehead atoms. The Kier molecular flexibility index (Phi) is 4.89. The summed E-state index contributed by atoms with van der Waals surface area (Å²) in [6.07, 6.45) is 8.49. The van der Waals surface area contributed by atoms with Crippen LogP contribution in [0.2, 0.25) is 0 Å². The highest BCUT2D eigenvalue weighted by Crippen LogP contribution is 2.41. The van der Waals surface area contributed by atoms with Gasteiger partial charge in [-0.3, -0.25) is 9.78 Å². The fourth-order valence-electron chi connectivity index (χ4n) is 4.17. The lowest BCUT2D eigenvalue weighted by molar-refractivity contribution is -0.138. The minimum absolute atomic E-state index is 0.178. The van der Waals surface area contributed by atoms with Crippen LogP contribution in [0.25, 0.3) is 0 Å². The number of anilines is 1. The minimum Gasteiger partial charge on any atom is -0.346 e. The van der Waals surface area contributed by atoms with E-state index in [2.05, 4.69) is 27.0 Å². The largest absolute Gasteiger partial charge is 0.346 e. The highest BCUT2D eigenvalue weighted by molar-refractivity contribution is 7.15. The number of piperidine rings is 2. The number of carbonyl (C=O) groups is 1. The van der Waals surface area contributed by atoms with Crippen LogP contribution in [-0.2, 0) is 17.8 Å². The van der Waals surface area contributed by atoms with Crippen molar-refractivity contribution in [3.63, 3.8) is 0 Å². The summed E-state index contributed by atoms with van der Waals surface area (Å²) in [4.78, 5) is 21.0. The molecule has 2 saturated heterocycles. The Morgan fingerprint density at radius 1 is 1.19 bits per heavy atom. The highest BCUT2D eigenvalue weighted by atomic mass is 32.1. The first kappa shape index (κ1) is 17.4. The summed E-state index contributed by atoms with van der Waals surface area (Å²) in [6, 6.07) is 3.99. The molecule has 7 heteroatoms. The van der Waals surface area contributed by atoms with E-state index in [9.17, 15) is 4.79 Å². The van der Waals surface area contributed by atoms with Crippen molar-refractivity contribution in [2.24, 2.45) is 5.41 Å². The molecule has 0 saturated carbocycles. The molecule has 2 aliphatic heterocycles. The Morgan fingerprint density at radius 3 is 2.81 bits per heavy atom. The predicted octanol–water partition coefficient (Wildman–Crippen LogP) is 2.90. The number of pyridine rings is 1. The zero-order chi connectivity index (χ0) is 18.0. The van der Waals surface area contributed by atoms with E-state index in [1.165, 1.54) is 6.42 Å². The molecule has 1 spiro atoms. The third-order valence-corrected chi connectivity index (χ3v) is 6.69. The van der Waals surface area contributed by atoms with Gasteiger partial charge in [-0.1, -0.05) is 18.3 Å². The number of carbonyl (C=O) groups excluding carboxylic acids is 1. The lowest BCUT2D eigenvalue weighted by atomic mass is 9.73. The van der Waals surface area contributed by atoms with Gasteiger partial charge in [-0.05, 0) is 43.4 Å². The number of rotatable bonds is 4.